The molecule has 1 aromatic carbocycles. The molecule has 19 heavy (non-hydrogen) atoms. The molecular formula is C11H13F2N3O3. The lowest BCUT2D eigenvalue weighted by Gasteiger charge is -2.21. The van der Waals surface area contributed by atoms with Gasteiger partial charge in [-0.2, -0.15) is 4.39 Å². The highest BCUT2D eigenvalue weighted by atomic mass is 19.1. The van der Waals surface area contributed by atoms with Crippen molar-refractivity contribution >= 4 is 17.3 Å². The van der Waals surface area contributed by atoms with E-state index in [0.717, 1.165) is 0 Å². The molecule has 3 N–H and O–H groups in total. The fraction of sp³-hybridized carbons (Fsp3) is 0.364. The molecule has 1 rings (SSSR count). The molecule has 0 atom stereocenters. The lowest BCUT2D eigenvalue weighted by atomic mass is 9.92. The van der Waals surface area contributed by atoms with Crippen molar-refractivity contribution in [3.05, 3.63) is 33.9 Å². The van der Waals surface area contributed by atoms with Gasteiger partial charge in [0.1, 0.15) is 5.82 Å². The summed E-state index contributed by atoms with van der Waals surface area (Å²) in [7, 11) is 0. The van der Waals surface area contributed by atoms with E-state index in [1.54, 1.807) is 0 Å². The molecule has 0 bridgehead atoms. The first-order valence-electron chi connectivity index (χ1n) is 5.34. The highest BCUT2D eigenvalue weighted by Crippen LogP contribution is 2.26. The van der Waals surface area contributed by atoms with E-state index < -0.39 is 39.3 Å². The van der Waals surface area contributed by atoms with Crippen LogP contribution in [0.1, 0.15) is 13.8 Å². The monoisotopic (exact) mass is 273 g/mol. The third-order valence-corrected chi connectivity index (χ3v) is 2.61. The SMILES string of the molecule is CC(C)(CN)C(=O)Nc1cc([N+](=O)[O-])c(F)cc1F. The Morgan fingerprint density at radius 3 is 2.47 bits per heavy atom. The van der Waals surface area contributed by atoms with Crippen LogP contribution in [0.3, 0.4) is 0 Å². The van der Waals surface area contributed by atoms with Crippen LogP contribution in [0.5, 0.6) is 0 Å². The average Bonchev–Trinajstić information content (AvgIpc) is 2.31. The van der Waals surface area contributed by atoms with Crippen LogP contribution in [0.25, 0.3) is 0 Å². The van der Waals surface area contributed by atoms with Crippen LogP contribution in [-0.2, 0) is 4.79 Å². The van der Waals surface area contributed by atoms with Crippen molar-refractivity contribution in [2.24, 2.45) is 11.1 Å². The topological polar surface area (TPSA) is 98.3 Å². The minimum atomic E-state index is -1.31. The van der Waals surface area contributed by atoms with Gasteiger partial charge in [-0.05, 0) is 13.8 Å². The molecule has 8 heteroatoms. The molecule has 0 radical (unpaired) electrons. The molecular weight excluding hydrogens is 260 g/mol. The molecule has 1 aromatic rings. The molecule has 0 aliphatic carbocycles. The Bertz CT molecular complexity index is 532. The summed E-state index contributed by atoms with van der Waals surface area (Å²) >= 11 is 0. The number of nitrogens with one attached hydrogen (secondary N) is 1. The Morgan fingerprint density at radius 2 is 2.00 bits per heavy atom. The smallest absolute Gasteiger partial charge is 0.307 e. The van der Waals surface area contributed by atoms with E-state index in [2.05, 4.69) is 5.32 Å². The van der Waals surface area contributed by atoms with Crippen molar-refractivity contribution in [3.8, 4) is 0 Å². The molecule has 0 spiro atoms. The van der Waals surface area contributed by atoms with E-state index in [-0.39, 0.29) is 6.54 Å². The second-order valence-corrected chi connectivity index (χ2v) is 4.58. The number of amides is 1. The summed E-state index contributed by atoms with van der Waals surface area (Å²) in [4.78, 5) is 21.3. The van der Waals surface area contributed by atoms with Crippen molar-refractivity contribution in [2.45, 2.75) is 13.8 Å². The second-order valence-electron chi connectivity index (χ2n) is 4.58. The fourth-order valence-corrected chi connectivity index (χ4v) is 1.16. The van der Waals surface area contributed by atoms with Crippen molar-refractivity contribution in [3.63, 3.8) is 0 Å². The van der Waals surface area contributed by atoms with Crippen LogP contribution in [-0.4, -0.2) is 17.4 Å². The molecule has 0 fully saturated rings. The maximum absolute atomic E-state index is 13.4. The van der Waals surface area contributed by atoms with Gasteiger partial charge < -0.3 is 11.1 Å². The third-order valence-electron chi connectivity index (χ3n) is 2.61. The maximum Gasteiger partial charge on any atom is 0.307 e. The van der Waals surface area contributed by atoms with Crippen molar-refractivity contribution in [2.75, 3.05) is 11.9 Å². The summed E-state index contributed by atoms with van der Waals surface area (Å²) < 4.78 is 26.5. The molecule has 104 valence electrons. The van der Waals surface area contributed by atoms with Gasteiger partial charge in [-0.15, -0.1) is 0 Å². The molecule has 0 aliphatic heterocycles. The van der Waals surface area contributed by atoms with Crippen molar-refractivity contribution in [1.82, 2.24) is 0 Å². The van der Waals surface area contributed by atoms with Crippen LogP contribution in [0, 0.1) is 27.2 Å². The third kappa shape index (κ3) is 3.22. The van der Waals surface area contributed by atoms with Gasteiger partial charge in [-0.1, -0.05) is 0 Å². The quantitative estimate of drug-likeness (QED) is 0.645. The van der Waals surface area contributed by atoms with E-state index in [4.69, 9.17) is 5.73 Å². The van der Waals surface area contributed by atoms with Gasteiger partial charge in [-0.25, -0.2) is 4.39 Å². The van der Waals surface area contributed by atoms with Crippen LogP contribution >= 0.6 is 0 Å². The summed E-state index contributed by atoms with van der Waals surface area (Å²) in [6, 6.07) is 0.984. The molecule has 0 saturated heterocycles. The number of benzene rings is 1. The number of carbonyl (C=O) groups excluding carboxylic acids is 1. The Hall–Kier alpha value is -2.09. The van der Waals surface area contributed by atoms with Crippen LogP contribution in [0.4, 0.5) is 20.2 Å². The zero-order valence-electron chi connectivity index (χ0n) is 10.4. The fourth-order valence-electron chi connectivity index (χ4n) is 1.16. The summed E-state index contributed by atoms with van der Waals surface area (Å²) in [5, 5.41) is 12.7. The number of rotatable bonds is 4. The summed E-state index contributed by atoms with van der Waals surface area (Å²) in [5.74, 6) is -3.02. The van der Waals surface area contributed by atoms with E-state index >= 15 is 0 Å². The largest absolute Gasteiger partial charge is 0.329 e. The first kappa shape index (κ1) is 15.0. The first-order chi connectivity index (χ1) is 8.69. The average molecular weight is 273 g/mol. The summed E-state index contributed by atoms with van der Waals surface area (Å²) in [5.41, 5.74) is 3.03. The first-order valence-corrected chi connectivity index (χ1v) is 5.34. The van der Waals surface area contributed by atoms with E-state index in [9.17, 15) is 23.7 Å². The van der Waals surface area contributed by atoms with Gasteiger partial charge in [-0.3, -0.25) is 14.9 Å². The number of nitro groups is 1. The van der Waals surface area contributed by atoms with Crippen LogP contribution in [0.15, 0.2) is 12.1 Å². The minimum absolute atomic E-state index is 0.00371. The number of carbonyl (C=O) groups is 1. The molecule has 0 heterocycles. The summed E-state index contributed by atoms with van der Waals surface area (Å²) in [6.45, 7) is 3.06. The predicted molar refractivity (Wildman–Crippen MR) is 64.5 cm³/mol. The van der Waals surface area contributed by atoms with Gasteiger partial charge in [0.25, 0.3) is 0 Å². The van der Waals surface area contributed by atoms with Gasteiger partial charge in [0, 0.05) is 18.7 Å². The lowest BCUT2D eigenvalue weighted by molar-refractivity contribution is -0.387. The Labute approximate surface area is 107 Å². The van der Waals surface area contributed by atoms with Gasteiger partial charge in [0.05, 0.1) is 16.0 Å². The zero-order valence-corrected chi connectivity index (χ0v) is 10.4. The predicted octanol–water partition coefficient (Wildman–Crippen LogP) is 1.80. The zero-order chi connectivity index (χ0) is 14.8. The van der Waals surface area contributed by atoms with Crippen LogP contribution < -0.4 is 11.1 Å². The van der Waals surface area contributed by atoms with Gasteiger partial charge in [0.15, 0.2) is 0 Å². The Kier molecular flexibility index (Phi) is 4.15. The van der Waals surface area contributed by atoms with E-state index in [1.165, 1.54) is 13.8 Å². The number of hydrogen-bond donors (Lipinski definition) is 2. The summed E-state index contributed by atoms with van der Waals surface area (Å²) in [6.07, 6.45) is 0. The van der Waals surface area contributed by atoms with Crippen LogP contribution in [0.2, 0.25) is 0 Å². The molecule has 1 amide bonds. The number of halogens is 2. The molecule has 0 saturated carbocycles. The van der Waals surface area contributed by atoms with E-state index in [0.29, 0.717) is 12.1 Å². The van der Waals surface area contributed by atoms with E-state index in [1.807, 2.05) is 0 Å². The highest BCUT2D eigenvalue weighted by Gasteiger charge is 2.28. The van der Waals surface area contributed by atoms with Crippen molar-refractivity contribution < 1.29 is 18.5 Å². The van der Waals surface area contributed by atoms with Gasteiger partial charge in [0.2, 0.25) is 11.7 Å². The van der Waals surface area contributed by atoms with Gasteiger partial charge >= 0.3 is 5.69 Å². The molecule has 0 aliphatic rings. The molecule has 6 nitrogen and oxygen atoms in total. The Balaban J connectivity index is 3.12. The minimum Gasteiger partial charge on any atom is -0.329 e. The number of anilines is 1. The highest BCUT2D eigenvalue weighted by molar-refractivity contribution is 5.95. The molecule has 0 aromatic heterocycles. The Morgan fingerprint density at radius 1 is 1.42 bits per heavy atom. The lowest BCUT2D eigenvalue weighted by Crippen LogP contribution is -2.37. The normalized spacial score (nSPS) is 11.2. The standard InChI is InChI=1S/C11H13F2N3O3/c1-11(2,5-14)10(17)15-8-4-9(16(18)19)7(13)3-6(8)12/h3-4H,5,14H2,1-2H3,(H,15,17). The number of nitrogens with zero attached hydrogens (tertiary/aromatic N) is 1. The second kappa shape index (κ2) is 5.27. The number of hydrogen-bond acceptors (Lipinski definition) is 4. The number of nitrogens with two attached hydrogens (primary N) is 1. The maximum atomic E-state index is 13.4. The molecule has 0 unspecified atom stereocenters. The number of nitro benzene ring substituents is 1. The van der Waals surface area contributed by atoms with Crippen molar-refractivity contribution in [1.29, 1.82) is 0 Å².